The summed E-state index contributed by atoms with van der Waals surface area (Å²) < 4.78 is 0. The second-order valence-electron chi connectivity index (χ2n) is 6.07. The molecular formula is C16H24N2O2. The number of likely N-dealkylation sites (tertiary alicyclic amines) is 1. The predicted molar refractivity (Wildman–Crippen MR) is 80.8 cm³/mol. The fourth-order valence-electron chi connectivity index (χ4n) is 2.47. The van der Waals surface area contributed by atoms with Crippen molar-refractivity contribution in [3.63, 3.8) is 0 Å². The first kappa shape index (κ1) is 15.0. The van der Waals surface area contributed by atoms with Crippen LogP contribution in [0, 0.1) is 13.8 Å². The van der Waals surface area contributed by atoms with Crippen LogP contribution < -0.4 is 5.32 Å². The first-order valence-electron chi connectivity index (χ1n) is 7.18. The van der Waals surface area contributed by atoms with Crippen LogP contribution in [0.3, 0.4) is 0 Å². The summed E-state index contributed by atoms with van der Waals surface area (Å²) in [5, 5.41) is 12.9. The highest BCUT2D eigenvalue weighted by atomic mass is 16.3. The number of amides is 1. The number of aryl methyl sites for hydroxylation is 1. The molecule has 4 heteroatoms. The molecule has 0 atom stereocenters. The van der Waals surface area contributed by atoms with Crippen LogP contribution in [0.1, 0.15) is 30.9 Å². The van der Waals surface area contributed by atoms with E-state index in [0.717, 1.165) is 37.2 Å². The molecule has 0 aliphatic carbocycles. The molecule has 0 aromatic heterocycles. The number of rotatable bonds is 3. The maximum atomic E-state index is 12.1. The van der Waals surface area contributed by atoms with Crippen molar-refractivity contribution >= 4 is 11.6 Å². The van der Waals surface area contributed by atoms with Crippen molar-refractivity contribution in [2.24, 2.45) is 0 Å². The van der Waals surface area contributed by atoms with Crippen LogP contribution in [0.15, 0.2) is 18.2 Å². The molecule has 110 valence electrons. The molecule has 4 nitrogen and oxygen atoms in total. The van der Waals surface area contributed by atoms with Gasteiger partial charge in [-0.15, -0.1) is 0 Å². The Hall–Kier alpha value is -1.39. The van der Waals surface area contributed by atoms with Gasteiger partial charge >= 0.3 is 0 Å². The van der Waals surface area contributed by atoms with E-state index in [1.54, 1.807) is 0 Å². The number of carbonyl (C=O) groups excluding carboxylic acids is 1. The number of benzene rings is 1. The minimum atomic E-state index is -0.569. The van der Waals surface area contributed by atoms with Crippen LogP contribution >= 0.6 is 0 Å². The summed E-state index contributed by atoms with van der Waals surface area (Å²) in [7, 11) is 0. The van der Waals surface area contributed by atoms with Gasteiger partial charge in [-0.25, -0.2) is 0 Å². The molecule has 20 heavy (non-hydrogen) atoms. The van der Waals surface area contributed by atoms with Gasteiger partial charge in [-0.3, -0.25) is 9.69 Å². The lowest BCUT2D eigenvalue weighted by atomic mass is 9.94. The van der Waals surface area contributed by atoms with E-state index in [-0.39, 0.29) is 5.91 Å². The lowest BCUT2D eigenvalue weighted by Crippen LogP contribution is -2.45. The first-order valence-corrected chi connectivity index (χ1v) is 7.18. The maximum Gasteiger partial charge on any atom is 0.238 e. The van der Waals surface area contributed by atoms with Crippen molar-refractivity contribution in [3.8, 4) is 0 Å². The minimum absolute atomic E-state index is 0.0141. The molecule has 1 aliphatic rings. The Kier molecular flexibility index (Phi) is 4.45. The summed E-state index contributed by atoms with van der Waals surface area (Å²) in [6.07, 6.45) is 1.45. The van der Waals surface area contributed by atoms with E-state index in [0.29, 0.717) is 6.54 Å². The number of piperidine rings is 1. The largest absolute Gasteiger partial charge is 0.390 e. The van der Waals surface area contributed by atoms with Crippen molar-refractivity contribution in [2.45, 2.75) is 39.2 Å². The zero-order valence-electron chi connectivity index (χ0n) is 12.6. The normalized spacial score (nSPS) is 18.8. The zero-order chi connectivity index (χ0) is 14.8. The first-order chi connectivity index (χ1) is 9.37. The third kappa shape index (κ3) is 3.81. The molecule has 1 heterocycles. The monoisotopic (exact) mass is 276 g/mol. The summed E-state index contributed by atoms with van der Waals surface area (Å²) >= 11 is 0. The molecule has 2 N–H and O–H groups in total. The molecule has 0 saturated carbocycles. The maximum absolute atomic E-state index is 12.1. The highest BCUT2D eigenvalue weighted by molar-refractivity contribution is 5.93. The Labute approximate surface area is 120 Å². The Morgan fingerprint density at radius 1 is 1.35 bits per heavy atom. The molecule has 0 unspecified atom stereocenters. The van der Waals surface area contributed by atoms with Crippen LogP contribution in [-0.4, -0.2) is 41.1 Å². The van der Waals surface area contributed by atoms with Crippen molar-refractivity contribution in [2.75, 3.05) is 25.0 Å². The molecule has 1 saturated heterocycles. The number of nitrogens with zero attached hydrogens (tertiary/aromatic N) is 1. The molecular weight excluding hydrogens is 252 g/mol. The van der Waals surface area contributed by atoms with Crippen LogP contribution in [0.2, 0.25) is 0 Å². The van der Waals surface area contributed by atoms with Crippen molar-refractivity contribution in [3.05, 3.63) is 29.3 Å². The number of hydrogen-bond acceptors (Lipinski definition) is 3. The molecule has 0 bridgehead atoms. The van der Waals surface area contributed by atoms with E-state index in [4.69, 9.17) is 0 Å². The summed E-state index contributed by atoms with van der Waals surface area (Å²) in [6.45, 7) is 7.85. The SMILES string of the molecule is Cc1cccc(NC(=O)CN2CCC(C)(O)CC2)c1C. The Morgan fingerprint density at radius 2 is 2.00 bits per heavy atom. The molecule has 1 aliphatic heterocycles. The third-order valence-corrected chi connectivity index (χ3v) is 4.18. The van der Waals surface area contributed by atoms with Gasteiger partial charge in [0.05, 0.1) is 12.1 Å². The molecule has 0 radical (unpaired) electrons. The van der Waals surface area contributed by atoms with Gasteiger partial charge in [0.1, 0.15) is 0 Å². The van der Waals surface area contributed by atoms with Crippen molar-refractivity contribution in [1.82, 2.24) is 4.90 Å². The van der Waals surface area contributed by atoms with Crippen LogP contribution in [-0.2, 0) is 4.79 Å². The quantitative estimate of drug-likeness (QED) is 0.889. The average Bonchev–Trinajstić information content (AvgIpc) is 2.38. The lowest BCUT2D eigenvalue weighted by molar-refractivity contribution is -0.118. The molecule has 1 aromatic rings. The van der Waals surface area contributed by atoms with Gasteiger partial charge in [0.2, 0.25) is 5.91 Å². The minimum Gasteiger partial charge on any atom is -0.390 e. The Bertz CT molecular complexity index is 487. The fourth-order valence-corrected chi connectivity index (χ4v) is 2.47. The lowest BCUT2D eigenvalue weighted by Gasteiger charge is -2.35. The summed E-state index contributed by atoms with van der Waals surface area (Å²) in [5.74, 6) is 0.0141. The topological polar surface area (TPSA) is 52.6 Å². The zero-order valence-corrected chi connectivity index (χ0v) is 12.6. The van der Waals surface area contributed by atoms with Crippen LogP contribution in [0.5, 0.6) is 0 Å². The average molecular weight is 276 g/mol. The predicted octanol–water partition coefficient (Wildman–Crippen LogP) is 2.09. The van der Waals surface area contributed by atoms with Gasteiger partial charge in [-0.2, -0.15) is 0 Å². The number of aliphatic hydroxyl groups is 1. The Balaban J connectivity index is 1.89. The highest BCUT2D eigenvalue weighted by Gasteiger charge is 2.28. The van der Waals surface area contributed by atoms with E-state index < -0.39 is 5.60 Å². The summed E-state index contributed by atoms with van der Waals surface area (Å²) in [5.41, 5.74) is 2.61. The van der Waals surface area contributed by atoms with Crippen LogP contribution in [0.25, 0.3) is 0 Å². The number of hydrogen-bond donors (Lipinski definition) is 2. The number of anilines is 1. The van der Waals surface area contributed by atoms with E-state index in [1.165, 1.54) is 5.56 Å². The molecule has 1 fully saturated rings. The molecule has 2 rings (SSSR count). The van der Waals surface area contributed by atoms with Crippen molar-refractivity contribution in [1.29, 1.82) is 0 Å². The molecule has 0 spiro atoms. The van der Waals surface area contributed by atoms with E-state index >= 15 is 0 Å². The summed E-state index contributed by atoms with van der Waals surface area (Å²) in [6, 6.07) is 5.93. The van der Waals surface area contributed by atoms with E-state index in [9.17, 15) is 9.90 Å². The number of carbonyl (C=O) groups is 1. The van der Waals surface area contributed by atoms with Crippen LogP contribution in [0.4, 0.5) is 5.69 Å². The smallest absolute Gasteiger partial charge is 0.238 e. The van der Waals surface area contributed by atoms with Gasteiger partial charge < -0.3 is 10.4 Å². The van der Waals surface area contributed by atoms with Crippen molar-refractivity contribution < 1.29 is 9.90 Å². The number of nitrogens with one attached hydrogen (secondary N) is 1. The van der Waals surface area contributed by atoms with Gasteiger partial charge in [0.15, 0.2) is 0 Å². The van der Waals surface area contributed by atoms with Gasteiger partial charge in [0.25, 0.3) is 0 Å². The second-order valence-corrected chi connectivity index (χ2v) is 6.07. The summed E-state index contributed by atoms with van der Waals surface area (Å²) in [4.78, 5) is 14.2. The fraction of sp³-hybridized carbons (Fsp3) is 0.562. The van der Waals surface area contributed by atoms with E-state index in [2.05, 4.69) is 10.2 Å². The van der Waals surface area contributed by atoms with Gasteiger partial charge in [-0.05, 0) is 50.8 Å². The van der Waals surface area contributed by atoms with Gasteiger partial charge in [-0.1, -0.05) is 12.1 Å². The van der Waals surface area contributed by atoms with Gasteiger partial charge in [0, 0.05) is 18.8 Å². The van der Waals surface area contributed by atoms with E-state index in [1.807, 2.05) is 39.0 Å². The Morgan fingerprint density at radius 3 is 2.65 bits per heavy atom. The second kappa shape index (κ2) is 5.94. The highest BCUT2D eigenvalue weighted by Crippen LogP contribution is 2.21. The molecule has 1 aromatic carbocycles. The third-order valence-electron chi connectivity index (χ3n) is 4.18. The molecule has 1 amide bonds. The standard InChI is InChI=1S/C16H24N2O2/c1-12-5-4-6-14(13(12)2)17-15(19)11-18-9-7-16(3,20)8-10-18/h4-6,20H,7-11H2,1-3H3,(H,17,19).